The highest BCUT2D eigenvalue weighted by Gasteiger charge is 2.20. The van der Waals surface area contributed by atoms with Crippen LogP contribution in [0.4, 0.5) is 10.1 Å². The van der Waals surface area contributed by atoms with Crippen LogP contribution in [0.1, 0.15) is 17.3 Å². The minimum absolute atomic E-state index is 0.0791. The second-order valence-corrected chi connectivity index (χ2v) is 5.69. The third kappa shape index (κ3) is 3.86. The molecule has 106 valence electrons. The average Bonchev–Trinajstić information content (AvgIpc) is 2.37. The smallest absolute Gasteiger partial charge is 0.256 e. The van der Waals surface area contributed by atoms with Crippen molar-refractivity contribution in [1.29, 1.82) is 0 Å². The molecule has 0 bridgehead atoms. The Kier molecular flexibility index (Phi) is 5.66. The van der Waals surface area contributed by atoms with Crippen LogP contribution in [0.3, 0.4) is 0 Å². The Morgan fingerprint density at radius 2 is 2.00 bits per heavy atom. The fraction of sp³-hybridized carbons (Fsp3) is 0.500. The van der Waals surface area contributed by atoms with E-state index >= 15 is 0 Å². The van der Waals surface area contributed by atoms with Gasteiger partial charge in [-0.25, -0.2) is 4.39 Å². The van der Waals surface area contributed by atoms with Crippen LogP contribution in [0.2, 0.25) is 0 Å². The largest absolute Gasteiger partial charge is 0.378 e. The van der Waals surface area contributed by atoms with Crippen LogP contribution >= 0.6 is 11.8 Å². The number of benzene rings is 1. The van der Waals surface area contributed by atoms with Crippen molar-refractivity contribution in [3.63, 3.8) is 0 Å². The third-order valence-electron chi connectivity index (χ3n) is 3.09. The van der Waals surface area contributed by atoms with E-state index in [0.29, 0.717) is 0 Å². The minimum Gasteiger partial charge on any atom is -0.378 e. The fourth-order valence-corrected chi connectivity index (χ4v) is 2.40. The third-order valence-corrected chi connectivity index (χ3v) is 3.90. The van der Waals surface area contributed by atoms with Crippen LogP contribution < -0.4 is 4.90 Å². The van der Waals surface area contributed by atoms with E-state index in [1.165, 1.54) is 6.07 Å². The van der Waals surface area contributed by atoms with Gasteiger partial charge in [-0.05, 0) is 31.4 Å². The van der Waals surface area contributed by atoms with E-state index in [0.717, 1.165) is 11.4 Å². The van der Waals surface area contributed by atoms with E-state index < -0.39 is 5.82 Å². The number of anilines is 1. The SMILES string of the molecule is CSC[C@H](C)N(C)C(=O)c1ccc(N(C)C)cc1F. The number of hydrogen-bond acceptors (Lipinski definition) is 3. The van der Waals surface area contributed by atoms with Crippen LogP contribution in [-0.2, 0) is 0 Å². The first-order chi connectivity index (χ1) is 8.88. The highest BCUT2D eigenvalue weighted by atomic mass is 32.2. The number of carbonyl (C=O) groups is 1. The second-order valence-electron chi connectivity index (χ2n) is 4.78. The van der Waals surface area contributed by atoms with Gasteiger partial charge in [0.1, 0.15) is 5.82 Å². The van der Waals surface area contributed by atoms with Gasteiger partial charge >= 0.3 is 0 Å². The molecule has 1 rings (SSSR count). The lowest BCUT2D eigenvalue weighted by molar-refractivity contribution is 0.0753. The molecule has 0 N–H and O–H groups in total. The Hall–Kier alpha value is -1.23. The monoisotopic (exact) mass is 284 g/mol. The van der Waals surface area contributed by atoms with Crippen LogP contribution in [-0.4, -0.2) is 50.0 Å². The highest BCUT2D eigenvalue weighted by Crippen LogP contribution is 2.19. The summed E-state index contributed by atoms with van der Waals surface area (Å²) in [5.41, 5.74) is 0.870. The zero-order valence-electron chi connectivity index (χ0n) is 12.1. The van der Waals surface area contributed by atoms with Crippen molar-refractivity contribution in [2.45, 2.75) is 13.0 Å². The summed E-state index contributed by atoms with van der Waals surface area (Å²) in [6, 6.07) is 4.77. The maximum Gasteiger partial charge on any atom is 0.256 e. The lowest BCUT2D eigenvalue weighted by Crippen LogP contribution is -2.37. The van der Waals surface area contributed by atoms with Crippen molar-refractivity contribution in [3.8, 4) is 0 Å². The molecule has 0 aliphatic heterocycles. The molecule has 0 saturated carbocycles. The van der Waals surface area contributed by atoms with Gasteiger partial charge in [0.2, 0.25) is 0 Å². The van der Waals surface area contributed by atoms with Gasteiger partial charge in [0.25, 0.3) is 5.91 Å². The number of nitrogens with zero attached hydrogens (tertiary/aromatic N) is 2. The number of halogens is 1. The zero-order chi connectivity index (χ0) is 14.6. The Balaban J connectivity index is 2.94. The molecule has 0 aliphatic rings. The fourth-order valence-electron chi connectivity index (χ4n) is 1.70. The molecule has 0 aliphatic carbocycles. The molecule has 0 saturated heterocycles. The van der Waals surface area contributed by atoms with E-state index in [-0.39, 0.29) is 17.5 Å². The Labute approximate surface area is 118 Å². The maximum atomic E-state index is 14.0. The molecule has 1 atom stereocenters. The number of rotatable bonds is 5. The second kappa shape index (κ2) is 6.80. The summed E-state index contributed by atoms with van der Waals surface area (Å²) in [6.45, 7) is 1.96. The molecular weight excluding hydrogens is 263 g/mol. The van der Waals surface area contributed by atoms with E-state index in [9.17, 15) is 9.18 Å². The molecule has 0 aromatic heterocycles. The van der Waals surface area contributed by atoms with E-state index in [4.69, 9.17) is 0 Å². The van der Waals surface area contributed by atoms with Crippen LogP contribution in [0.25, 0.3) is 0 Å². The molecule has 19 heavy (non-hydrogen) atoms. The topological polar surface area (TPSA) is 23.6 Å². The zero-order valence-corrected chi connectivity index (χ0v) is 12.9. The van der Waals surface area contributed by atoms with Gasteiger partial charge in [-0.2, -0.15) is 11.8 Å². The molecule has 0 unspecified atom stereocenters. The number of amides is 1. The predicted molar refractivity (Wildman–Crippen MR) is 80.7 cm³/mol. The lowest BCUT2D eigenvalue weighted by atomic mass is 10.1. The van der Waals surface area contributed by atoms with Crippen molar-refractivity contribution >= 4 is 23.4 Å². The van der Waals surface area contributed by atoms with Crippen LogP contribution in [0.5, 0.6) is 0 Å². The molecular formula is C14H21FN2OS. The van der Waals surface area contributed by atoms with Gasteiger partial charge in [0, 0.05) is 38.6 Å². The molecule has 5 heteroatoms. The van der Waals surface area contributed by atoms with Crippen molar-refractivity contribution in [2.24, 2.45) is 0 Å². The predicted octanol–water partition coefficient (Wildman–Crippen LogP) is 2.72. The van der Waals surface area contributed by atoms with Gasteiger partial charge in [0.15, 0.2) is 0 Å². The first-order valence-electron chi connectivity index (χ1n) is 6.11. The molecule has 0 spiro atoms. The van der Waals surface area contributed by atoms with Crippen LogP contribution in [0.15, 0.2) is 18.2 Å². The van der Waals surface area contributed by atoms with E-state index in [1.807, 2.05) is 27.3 Å². The average molecular weight is 284 g/mol. The standard InChI is InChI=1S/C14H21FN2OS/c1-10(9-19-5)17(4)14(18)12-7-6-11(16(2)3)8-13(12)15/h6-8,10H,9H2,1-5H3/t10-/m0/s1. The summed E-state index contributed by atoms with van der Waals surface area (Å²) in [7, 11) is 5.38. The summed E-state index contributed by atoms with van der Waals surface area (Å²) in [6.07, 6.45) is 1.99. The Bertz CT molecular complexity index is 451. The normalized spacial score (nSPS) is 12.1. The van der Waals surface area contributed by atoms with E-state index in [1.54, 1.807) is 40.7 Å². The quantitative estimate of drug-likeness (QED) is 0.830. The van der Waals surface area contributed by atoms with Gasteiger partial charge in [0.05, 0.1) is 5.56 Å². The first-order valence-corrected chi connectivity index (χ1v) is 7.50. The summed E-state index contributed by atoms with van der Waals surface area (Å²) in [4.78, 5) is 15.6. The molecule has 1 amide bonds. The summed E-state index contributed by atoms with van der Waals surface area (Å²) >= 11 is 1.67. The van der Waals surface area contributed by atoms with Crippen molar-refractivity contribution in [1.82, 2.24) is 4.90 Å². The van der Waals surface area contributed by atoms with E-state index in [2.05, 4.69) is 0 Å². The maximum absolute atomic E-state index is 14.0. The van der Waals surface area contributed by atoms with Crippen molar-refractivity contribution < 1.29 is 9.18 Å². The number of carbonyl (C=O) groups excluding carboxylic acids is 1. The molecule has 3 nitrogen and oxygen atoms in total. The minimum atomic E-state index is -0.473. The van der Waals surface area contributed by atoms with Gasteiger partial charge in [-0.3, -0.25) is 4.79 Å². The Morgan fingerprint density at radius 3 is 2.47 bits per heavy atom. The molecule has 1 aromatic rings. The summed E-state index contributed by atoms with van der Waals surface area (Å²) < 4.78 is 14.0. The Morgan fingerprint density at radius 1 is 1.37 bits per heavy atom. The molecule has 0 heterocycles. The van der Waals surface area contributed by atoms with Gasteiger partial charge in [-0.15, -0.1) is 0 Å². The summed E-state index contributed by atoms with van der Waals surface area (Å²) in [5.74, 6) is 0.0865. The van der Waals surface area contributed by atoms with Crippen LogP contribution in [0, 0.1) is 5.82 Å². The number of thioether (sulfide) groups is 1. The van der Waals surface area contributed by atoms with Gasteiger partial charge < -0.3 is 9.80 Å². The van der Waals surface area contributed by atoms with Gasteiger partial charge in [-0.1, -0.05) is 0 Å². The van der Waals surface area contributed by atoms with Crippen molar-refractivity contribution in [3.05, 3.63) is 29.6 Å². The number of hydrogen-bond donors (Lipinski definition) is 0. The highest BCUT2D eigenvalue weighted by molar-refractivity contribution is 7.98. The first kappa shape index (κ1) is 15.8. The van der Waals surface area contributed by atoms with Crippen molar-refractivity contribution in [2.75, 3.05) is 38.1 Å². The summed E-state index contributed by atoms with van der Waals surface area (Å²) in [5, 5.41) is 0. The molecule has 0 fully saturated rings. The molecule has 1 aromatic carbocycles. The molecule has 0 radical (unpaired) electrons. The lowest BCUT2D eigenvalue weighted by Gasteiger charge is -2.25.